The zero-order chi connectivity index (χ0) is 22.0. The Morgan fingerprint density at radius 3 is 2.58 bits per heavy atom. The summed E-state index contributed by atoms with van der Waals surface area (Å²) in [6.07, 6.45) is 0.789. The predicted octanol–water partition coefficient (Wildman–Crippen LogP) is 4.65. The van der Waals surface area contributed by atoms with Gasteiger partial charge >= 0.3 is 6.03 Å². The van der Waals surface area contributed by atoms with Crippen LogP contribution >= 0.6 is 0 Å². The molecule has 0 saturated heterocycles. The lowest BCUT2D eigenvalue weighted by atomic mass is 10.1. The number of anilines is 1. The van der Waals surface area contributed by atoms with Gasteiger partial charge < -0.3 is 15.0 Å². The molecule has 1 aliphatic rings. The van der Waals surface area contributed by atoms with Crippen LogP contribution < -0.4 is 5.32 Å². The minimum atomic E-state index is -0.0743. The van der Waals surface area contributed by atoms with Crippen molar-refractivity contribution >= 4 is 11.7 Å². The van der Waals surface area contributed by atoms with E-state index < -0.39 is 0 Å². The summed E-state index contributed by atoms with van der Waals surface area (Å²) in [5.74, 6) is 0. The molecule has 0 aliphatic carbocycles. The number of aryl methyl sites for hydroxylation is 4. The van der Waals surface area contributed by atoms with E-state index in [1.807, 2.05) is 42.6 Å². The van der Waals surface area contributed by atoms with Gasteiger partial charge in [0.1, 0.15) is 0 Å². The summed E-state index contributed by atoms with van der Waals surface area (Å²) >= 11 is 0. The number of rotatable bonds is 5. The Morgan fingerprint density at radius 2 is 1.81 bits per heavy atom. The summed E-state index contributed by atoms with van der Waals surface area (Å²) in [7, 11) is 1.97. The van der Waals surface area contributed by atoms with Crippen LogP contribution in [0.15, 0.2) is 42.5 Å². The first-order chi connectivity index (χ1) is 14.9. The van der Waals surface area contributed by atoms with E-state index in [0.717, 1.165) is 40.1 Å². The molecule has 162 valence electrons. The molecule has 0 fully saturated rings. The Bertz CT molecular complexity index is 1090. The molecule has 0 saturated carbocycles. The van der Waals surface area contributed by atoms with E-state index in [-0.39, 0.29) is 6.03 Å². The van der Waals surface area contributed by atoms with Crippen LogP contribution in [0.3, 0.4) is 0 Å². The first kappa shape index (κ1) is 21.1. The number of urea groups is 1. The van der Waals surface area contributed by atoms with Crippen molar-refractivity contribution in [1.29, 1.82) is 0 Å². The molecule has 3 aromatic rings. The fourth-order valence-corrected chi connectivity index (χ4v) is 3.97. The molecule has 1 aromatic heterocycles. The van der Waals surface area contributed by atoms with Crippen LogP contribution in [-0.4, -0.2) is 27.3 Å². The van der Waals surface area contributed by atoms with Crippen molar-refractivity contribution in [3.8, 4) is 0 Å². The lowest BCUT2D eigenvalue weighted by Crippen LogP contribution is -2.39. The number of ether oxygens (including phenoxy) is 1. The van der Waals surface area contributed by atoms with Gasteiger partial charge in [0, 0.05) is 37.0 Å². The summed E-state index contributed by atoms with van der Waals surface area (Å²) in [6.45, 7) is 8.31. The maximum atomic E-state index is 12.9. The van der Waals surface area contributed by atoms with Crippen LogP contribution in [0.5, 0.6) is 0 Å². The number of nitrogens with zero attached hydrogens (tertiary/aromatic N) is 3. The van der Waals surface area contributed by atoms with E-state index in [0.29, 0.717) is 26.3 Å². The average Bonchev–Trinajstić information content (AvgIpc) is 3.07. The topological polar surface area (TPSA) is 59.4 Å². The number of amides is 2. The minimum absolute atomic E-state index is 0.0743. The molecule has 0 bridgehead atoms. The molecule has 0 atom stereocenters. The van der Waals surface area contributed by atoms with Gasteiger partial charge in [-0.3, -0.25) is 4.68 Å². The molecule has 6 nitrogen and oxygen atoms in total. The zero-order valence-corrected chi connectivity index (χ0v) is 18.7. The molecule has 2 heterocycles. The first-order valence-electron chi connectivity index (χ1n) is 10.7. The lowest BCUT2D eigenvalue weighted by molar-refractivity contribution is 0.103. The second-order valence-electron chi connectivity index (χ2n) is 8.39. The summed E-state index contributed by atoms with van der Waals surface area (Å²) in [5, 5.41) is 7.75. The van der Waals surface area contributed by atoms with E-state index in [1.165, 1.54) is 11.3 Å². The zero-order valence-electron chi connectivity index (χ0n) is 18.7. The van der Waals surface area contributed by atoms with Crippen molar-refractivity contribution in [3.05, 3.63) is 81.7 Å². The number of hydrogen-bond donors (Lipinski definition) is 1. The van der Waals surface area contributed by atoms with E-state index in [1.54, 1.807) is 0 Å². The Labute approximate surface area is 183 Å². The largest absolute Gasteiger partial charge is 0.370 e. The van der Waals surface area contributed by atoms with E-state index in [9.17, 15) is 4.79 Å². The van der Waals surface area contributed by atoms with Gasteiger partial charge in [-0.15, -0.1) is 0 Å². The molecule has 4 rings (SSSR count). The van der Waals surface area contributed by atoms with Crippen LogP contribution in [0.2, 0.25) is 0 Å². The number of fused-ring (bicyclic) bond motifs is 1. The molecule has 2 aromatic carbocycles. The molecule has 1 N–H and O–H groups in total. The molecule has 1 aliphatic heterocycles. The van der Waals surface area contributed by atoms with Gasteiger partial charge in [0.15, 0.2) is 0 Å². The van der Waals surface area contributed by atoms with Crippen LogP contribution in [0, 0.1) is 20.8 Å². The summed E-state index contributed by atoms with van der Waals surface area (Å²) in [5.41, 5.74) is 8.63. The van der Waals surface area contributed by atoms with Gasteiger partial charge in [0.25, 0.3) is 0 Å². The Kier molecular flexibility index (Phi) is 6.09. The van der Waals surface area contributed by atoms with Gasteiger partial charge in [0.05, 0.1) is 25.5 Å². The minimum Gasteiger partial charge on any atom is -0.370 e. The molecular formula is C25H30N4O2. The third kappa shape index (κ3) is 4.80. The Balaban J connectivity index is 1.42. The van der Waals surface area contributed by atoms with Crippen molar-refractivity contribution in [1.82, 2.24) is 14.7 Å². The van der Waals surface area contributed by atoms with Crippen LogP contribution in [0.25, 0.3) is 0 Å². The third-order valence-electron chi connectivity index (χ3n) is 5.88. The number of nitrogens with one attached hydrogen (secondary N) is 1. The van der Waals surface area contributed by atoms with Gasteiger partial charge in [-0.1, -0.05) is 42.0 Å². The fraction of sp³-hybridized carbons (Fsp3) is 0.360. The number of aromatic nitrogens is 2. The second-order valence-corrected chi connectivity index (χ2v) is 8.39. The van der Waals surface area contributed by atoms with Crippen LogP contribution in [0.4, 0.5) is 10.5 Å². The summed E-state index contributed by atoms with van der Waals surface area (Å²) < 4.78 is 7.88. The van der Waals surface area contributed by atoms with Crippen LogP contribution in [0.1, 0.15) is 39.2 Å². The van der Waals surface area contributed by atoms with Gasteiger partial charge in [-0.05, 0) is 43.5 Å². The highest BCUT2D eigenvalue weighted by atomic mass is 16.5. The third-order valence-corrected chi connectivity index (χ3v) is 5.88. The normalized spacial score (nSPS) is 13.2. The Hall–Kier alpha value is -3.12. The number of benzene rings is 2. The highest BCUT2D eigenvalue weighted by Gasteiger charge is 2.27. The van der Waals surface area contributed by atoms with Crippen molar-refractivity contribution in [2.24, 2.45) is 7.05 Å². The smallest absolute Gasteiger partial charge is 0.322 e. The number of carbonyl (C=O) groups is 1. The molecule has 31 heavy (non-hydrogen) atoms. The molecule has 0 unspecified atom stereocenters. The maximum Gasteiger partial charge on any atom is 0.322 e. The average molecular weight is 419 g/mol. The predicted molar refractivity (Wildman–Crippen MR) is 122 cm³/mol. The molecule has 6 heteroatoms. The highest BCUT2D eigenvalue weighted by molar-refractivity contribution is 5.90. The highest BCUT2D eigenvalue weighted by Crippen LogP contribution is 2.24. The van der Waals surface area contributed by atoms with Crippen LogP contribution in [-0.2, 0) is 38.0 Å². The fourth-order valence-electron chi connectivity index (χ4n) is 3.97. The van der Waals surface area contributed by atoms with Crippen molar-refractivity contribution in [2.45, 2.75) is 47.0 Å². The molecule has 0 radical (unpaired) electrons. The van der Waals surface area contributed by atoms with Gasteiger partial charge in [-0.25, -0.2) is 4.79 Å². The van der Waals surface area contributed by atoms with E-state index in [4.69, 9.17) is 4.74 Å². The van der Waals surface area contributed by atoms with Crippen molar-refractivity contribution in [2.75, 3.05) is 11.9 Å². The van der Waals surface area contributed by atoms with E-state index >= 15 is 0 Å². The molecular weight excluding hydrogens is 388 g/mol. The quantitative estimate of drug-likeness (QED) is 0.656. The van der Waals surface area contributed by atoms with Gasteiger partial charge in [0.2, 0.25) is 0 Å². The first-order valence-corrected chi connectivity index (χ1v) is 10.7. The number of hydrogen-bond acceptors (Lipinski definition) is 3. The van der Waals surface area contributed by atoms with Gasteiger partial charge in [-0.2, -0.15) is 5.10 Å². The van der Waals surface area contributed by atoms with Crippen molar-refractivity contribution in [3.63, 3.8) is 0 Å². The lowest BCUT2D eigenvalue weighted by Gasteiger charge is -2.28. The van der Waals surface area contributed by atoms with E-state index in [2.05, 4.69) is 47.7 Å². The number of carbonyl (C=O) groups excluding carboxylic acids is 1. The van der Waals surface area contributed by atoms with Crippen molar-refractivity contribution < 1.29 is 9.53 Å². The Morgan fingerprint density at radius 1 is 1.06 bits per heavy atom. The molecule has 0 spiro atoms. The molecule has 2 amide bonds. The monoisotopic (exact) mass is 418 g/mol. The standard InChI is InChI=1S/C25H30N4O2/c1-17-6-9-20(10-7-17)15-31-16-23-21-14-29(12-11-24(21)28(4)27-23)25(30)26-22-13-18(2)5-8-19(22)3/h5-10,13H,11-12,14-16H2,1-4H3,(H,26,30). The SMILES string of the molecule is Cc1ccc(COCc2nn(C)c3c2CN(C(=O)Nc2cc(C)ccc2C)CC3)cc1. The summed E-state index contributed by atoms with van der Waals surface area (Å²) in [6, 6.07) is 14.4. The second kappa shape index (κ2) is 8.94. The maximum absolute atomic E-state index is 12.9. The summed E-state index contributed by atoms with van der Waals surface area (Å²) in [4.78, 5) is 14.8.